The summed E-state index contributed by atoms with van der Waals surface area (Å²) in [5.74, 6) is 0.408. The van der Waals surface area contributed by atoms with Crippen molar-refractivity contribution in [2.24, 2.45) is 7.05 Å². The largest absolute Gasteiger partial charge is 0.429 e. The number of nitrogen functional groups attached to an aromatic ring is 2. The second-order valence-electron chi connectivity index (χ2n) is 4.32. The van der Waals surface area contributed by atoms with Crippen LogP contribution in [0.25, 0.3) is 21.8 Å². The van der Waals surface area contributed by atoms with Gasteiger partial charge in [0.05, 0.1) is 5.52 Å². The molecule has 0 saturated carbocycles. The average molecular weight is 244 g/mol. The number of aryl methyl sites for hydroxylation is 2. The summed E-state index contributed by atoms with van der Waals surface area (Å²) < 4.78 is 6.69. The van der Waals surface area contributed by atoms with Gasteiger partial charge in [-0.3, -0.25) is 0 Å². The van der Waals surface area contributed by atoms with Crippen LogP contribution in [0.4, 0.5) is 11.6 Å². The van der Waals surface area contributed by atoms with Gasteiger partial charge in [0.25, 0.3) is 0 Å². The van der Waals surface area contributed by atoms with E-state index in [0.29, 0.717) is 22.2 Å². The third kappa shape index (κ3) is 1.17. The molecule has 0 fully saturated rings. The van der Waals surface area contributed by atoms with E-state index in [1.54, 1.807) is 4.57 Å². The maximum absolute atomic E-state index is 11.4. The first-order chi connectivity index (χ1) is 8.50. The highest BCUT2D eigenvalue weighted by atomic mass is 16.4. The molecule has 18 heavy (non-hydrogen) atoms. The summed E-state index contributed by atoms with van der Waals surface area (Å²) in [6.07, 6.45) is 1.38. The summed E-state index contributed by atoms with van der Waals surface area (Å²) in [5.41, 5.74) is 13.7. The van der Waals surface area contributed by atoms with E-state index in [-0.39, 0.29) is 5.69 Å². The molecule has 0 aliphatic rings. The van der Waals surface area contributed by atoms with Crippen LogP contribution in [-0.2, 0) is 7.05 Å². The molecule has 3 rings (SSSR count). The SMILES string of the molecule is Cc1cc2c(N)c(=O)occ2c2nc(N)n(C)c12. The van der Waals surface area contributed by atoms with Crippen molar-refractivity contribution in [1.82, 2.24) is 9.55 Å². The van der Waals surface area contributed by atoms with E-state index < -0.39 is 5.63 Å². The number of hydrogen-bond acceptors (Lipinski definition) is 5. The van der Waals surface area contributed by atoms with Gasteiger partial charge in [0.1, 0.15) is 17.5 Å². The summed E-state index contributed by atoms with van der Waals surface area (Å²) in [5, 5.41) is 1.34. The first-order valence-electron chi connectivity index (χ1n) is 5.43. The molecule has 6 heteroatoms. The van der Waals surface area contributed by atoms with Crippen molar-refractivity contribution in [1.29, 1.82) is 0 Å². The fourth-order valence-corrected chi connectivity index (χ4v) is 2.27. The van der Waals surface area contributed by atoms with E-state index in [9.17, 15) is 4.79 Å². The van der Waals surface area contributed by atoms with Crippen molar-refractivity contribution in [3.8, 4) is 0 Å². The van der Waals surface area contributed by atoms with Crippen molar-refractivity contribution >= 4 is 33.4 Å². The molecular formula is C12H12N4O2. The zero-order valence-corrected chi connectivity index (χ0v) is 10.0. The lowest BCUT2D eigenvalue weighted by molar-refractivity contribution is 0.521. The molecule has 2 heterocycles. The van der Waals surface area contributed by atoms with E-state index >= 15 is 0 Å². The van der Waals surface area contributed by atoms with Gasteiger partial charge in [-0.2, -0.15) is 0 Å². The van der Waals surface area contributed by atoms with Crippen LogP contribution in [0.1, 0.15) is 5.56 Å². The zero-order valence-electron chi connectivity index (χ0n) is 10.0. The fraction of sp³-hybridized carbons (Fsp3) is 0.167. The number of fused-ring (bicyclic) bond motifs is 3. The molecular weight excluding hydrogens is 232 g/mol. The van der Waals surface area contributed by atoms with E-state index in [2.05, 4.69) is 4.98 Å². The van der Waals surface area contributed by atoms with Crippen LogP contribution >= 0.6 is 0 Å². The lowest BCUT2D eigenvalue weighted by atomic mass is 10.1. The topological polar surface area (TPSA) is 100 Å². The molecule has 0 aliphatic heterocycles. The van der Waals surface area contributed by atoms with Gasteiger partial charge in [-0.15, -0.1) is 0 Å². The van der Waals surface area contributed by atoms with Gasteiger partial charge in [-0.05, 0) is 18.6 Å². The molecule has 0 aliphatic carbocycles. The molecule has 0 atom stereocenters. The number of rotatable bonds is 0. The van der Waals surface area contributed by atoms with Crippen molar-refractivity contribution in [2.45, 2.75) is 6.92 Å². The Balaban J connectivity index is 2.67. The normalized spacial score (nSPS) is 11.4. The summed E-state index contributed by atoms with van der Waals surface area (Å²) >= 11 is 0. The third-order valence-electron chi connectivity index (χ3n) is 3.20. The zero-order chi connectivity index (χ0) is 13.0. The molecule has 2 aromatic heterocycles. The second kappa shape index (κ2) is 3.25. The lowest BCUT2D eigenvalue weighted by Crippen LogP contribution is -2.06. The summed E-state index contributed by atoms with van der Waals surface area (Å²) in [6.45, 7) is 1.93. The van der Waals surface area contributed by atoms with Crippen molar-refractivity contribution in [2.75, 3.05) is 11.5 Å². The Kier molecular flexibility index (Phi) is 1.92. The first-order valence-corrected chi connectivity index (χ1v) is 5.43. The van der Waals surface area contributed by atoms with Crippen molar-refractivity contribution < 1.29 is 4.42 Å². The molecule has 0 unspecified atom stereocenters. The smallest absolute Gasteiger partial charge is 0.359 e. The van der Waals surface area contributed by atoms with Crippen molar-refractivity contribution in [3.05, 3.63) is 28.3 Å². The fourth-order valence-electron chi connectivity index (χ4n) is 2.27. The van der Waals surface area contributed by atoms with E-state index in [4.69, 9.17) is 15.9 Å². The molecule has 4 N–H and O–H groups in total. The molecule has 0 radical (unpaired) electrons. The standard InChI is InChI=1S/C12H12N4O2/c1-5-3-6-7(4-18-11(17)8(6)13)9-10(5)16(2)12(14)15-9/h3-4H,13H2,1-2H3,(H2,14,15). The minimum absolute atomic E-state index is 0.0988. The molecule has 0 saturated heterocycles. The molecule has 0 amide bonds. The summed E-state index contributed by atoms with van der Waals surface area (Å²) in [6, 6.07) is 1.85. The molecule has 0 spiro atoms. The molecule has 3 aromatic rings. The Bertz CT molecular complexity index is 845. The number of aromatic nitrogens is 2. The Morgan fingerprint density at radius 1 is 1.33 bits per heavy atom. The third-order valence-corrected chi connectivity index (χ3v) is 3.20. The predicted octanol–water partition coefficient (Wildman–Crippen LogP) is 1.15. The maximum atomic E-state index is 11.4. The van der Waals surface area contributed by atoms with E-state index in [0.717, 1.165) is 11.1 Å². The van der Waals surface area contributed by atoms with Crippen LogP contribution in [0.5, 0.6) is 0 Å². The van der Waals surface area contributed by atoms with Crippen molar-refractivity contribution in [3.63, 3.8) is 0 Å². The molecule has 92 valence electrons. The first kappa shape index (κ1) is 10.6. The van der Waals surface area contributed by atoms with Crippen LogP contribution in [0.3, 0.4) is 0 Å². The van der Waals surface area contributed by atoms with E-state index in [1.165, 1.54) is 6.26 Å². The van der Waals surface area contributed by atoms with Gasteiger partial charge in [-0.1, -0.05) is 0 Å². The molecule has 0 bridgehead atoms. The van der Waals surface area contributed by atoms with Crippen LogP contribution in [-0.4, -0.2) is 9.55 Å². The highest BCUT2D eigenvalue weighted by molar-refractivity contribution is 6.09. The number of nitrogens with two attached hydrogens (primary N) is 2. The van der Waals surface area contributed by atoms with Crippen LogP contribution < -0.4 is 17.1 Å². The summed E-state index contributed by atoms with van der Waals surface area (Å²) in [7, 11) is 1.84. The Labute approximate surface area is 102 Å². The van der Waals surface area contributed by atoms with Crippen LogP contribution in [0, 0.1) is 6.92 Å². The summed E-state index contributed by atoms with van der Waals surface area (Å²) in [4.78, 5) is 15.7. The maximum Gasteiger partial charge on any atom is 0.359 e. The second-order valence-corrected chi connectivity index (χ2v) is 4.32. The molecule has 1 aromatic carbocycles. The Hall–Kier alpha value is -2.50. The monoisotopic (exact) mass is 244 g/mol. The lowest BCUT2D eigenvalue weighted by Gasteiger charge is -2.05. The number of anilines is 2. The number of nitrogens with zero attached hydrogens (tertiary/aromatic N) is 2. The minimum atomic E-state index is -0.537. The number of benzene rings is 1. The number of imidazole rings is 1. The van der Waals surface area contributed by atoms with Crippen LogP contribution in [0.15, 0.2) is 21.5 Å². The quantitative estimate of drug-likeness (QED) is 0.618. The highest BCUT2D eigenvalue weighted by Crippen LogP contribution is 2.30. The predicted molar refractivity (Wildman–Crippen MR) is 70.3 cm³/mol. The van der Waals surface area contributed by atoms with Crippen LogP contribution in [0.2, 0.25) is 0 Å². The van der Waals surface area contributed by atoms with Gasteiger partial charge in [0.15, 0.2) is 0 Å². The van der Waals surface area contributed by atoms with Gasteiger partial charge in [-0.25, -0.2) is 9.78 Å². The molecule has 6 nitrogen and oxygen atoms in total. The minimum Gasteiger partial charge on any atom is -0.429 e. The number of hydrogen-bond donors (Lipinski definition) is 2. The van der Waals surface area contributed by atoms with Gasteiger partial charge in [0.2, 0.25) is 5.95 Å². The van der Waals surface area contributed by atoms with E-state index in [1.807, 2.05) is 20.0 Å². The highest BCUT2D eigenvalue weighted by Gasteiger charge is 2.14. The van der Waals surface area contributed by atoms with Gasteiger partial charge in [0, 0.05) is 17.8 Å². The van der Waals surface area contributed by atoms with Gasteiger partial charge >= 0.3 is 5.63 Å². The Morgan fingerprint density at radius 2 is 2.06 bits per heavy atom. The van der Waals surface area contributed by atoms with Gasteiger partial charge < -0.3 is 20.5 Å². The Morgan fingerprint density at radius 3 is 2.78 bits per heavy atom. The average Bonchev–Trinajstić information content (AvgIpc) is 2.62.